The average molecular weight is 361 g/mol. The zero-order valence-electron chi connectivity index (χ0n) is 16.1. The fraction of sp³-hybridized carbons (Fsp3) is 0.556. The van der Waals surface area contributed by atoms with Gasteiger partial charge in [0.15, 0.2) is 0 Å². The van der Waals surface area contributed by atoms with Crippen molar-refractivity contribution in [1.82, 2.24) is 24.9 Å². The lowest BCUT2D eigenvalue weighted by Crippen LogP contribution is -2.34. The van der Waals surface area contributed by atoms with E-state index in [-0.39, 0.29) is 5.91 Å². The second-order valence-corrected chi connectivity index (χ2v) is 6.46. The van der Waals surface area contributed by atoms with Crippen LogP contribution in [0.15, 0.2) is 18.3 Å². The minimum atomic E-state index is -1.05. The fourth-order valence-electron chi connectivity index (χ4n) is 2.68. The molecule has 0 aliphatic rings. The first kappa shape index (κ1) is 19.8. The zero-order valence-corrected chi connectivity index (χ0v) is 16.1. The van der Waals surface area contributed by atoms with Crippen LogP contribution >= 0.6 is 0 Å². The molecule has 0 aromatic carbocycles. The molecule has 2 rings (SSSR count). The highest BCUT2D eigenvalue weighted by molar-refractivity contribution is 5.96. The van der Waals surface area contributed by atoms with Crippen molar-refractivity contribution in [3.63, 3.8) is 0 Å². The van der Waals surface area contributed by atoms with Gasteiger partial charge in [-0.15, -0.1) is 0 Å². The number of aliphatic hydroxyl groups is 1. The summed E-state index contributed by atoms with van der Waals surface area (Å²) in [6.07, 6.45) is 1.60. The summed E-state index contributed by atoms with van der Waals surface area (Å²) >= 11 is 0. The van der Waals surface area contributed by atoms with Crippen LogP contribution < -0.4 is 4.74 Å². The maximum Gasteiger partial charge on any atom is 0.259 e. The Bertz CT molecular complexity index is 752. The van der Waals surface area contributed by atoms with Gasteiger partial charge < -0.3 is 14.7 Å². The van der Waals surface area contributed by atoms with E-state index in [1.165, 1.54) is 4.80 Å². The lowest BCUT2D eigenvalue weighted by molar-refractivity contribution is 0.0709. The Morgan fingerprint density at radius 2 is 2.08 bits per heavy atom. The fourth-order valence-corrected chi connectivity index (χ4v) is 2.68. The molecule has 8 nitrogen and oxygen atoms in total. The molecule has 0 saturated carbocycles. The number of ether oxygens (including phenoxy) is 1. The van der Waals surface area contributed by atoms with Gasteiger partial charge in [0.25, 0.3) is 5.91 Å². The van der Waals surface area contributed by atoms with Crippen molar-refractivity contribution in [3.8, 4) is 5.88 Å². The van der Waals surface area contributed by atoms with Gasteiger partial charge >= 0.3 is 0 Å². The molecular formula is C18H27N5O3. The Kier molecular flexibility index (Phi) is 6.31. The summed E-state index contributed by atoms with van der Waals surface area (Å²) in [7, 11) is 0. The normalized spacial score (nSPS) is 11.5. The molecule has 8 heteroatoms. The number of pyridine rings is 1. The minimum Gasteiger partial charge on any atom is -0.477 e. The number of amides is 1. The Morgan fingerprint density at radius 3 is 2.65 bits per heavy atom. The van der Waals surface area contributed by atoms with Crippen LogP contribution in [-0.4, -0.2) is 55.6 Å². The smallest absolute Gasteiger partial charge is 0.259 e. The van der Waals surface area contributed by atoms with Gasteiger partial charge in [0.1, 0.15) is 16.9 Å². The van der Waals surface area contributed by atoms with Gasteiger partial charge in [0, 0.05) is 19.3 Å². The van der Waals surface area contributed by atoms with Crippen molar-refractivity contribution < 1.29 is 14.6 Å². The highest BCUT2D eigenvalue weighted by atomic mass is 16.5. The number of likely N-dealkylation sites (N-methyl/N-ethyl adjacent to an activating group) is 1. The summed E-state index contributed by atoms with van der Waals surface area (Å²) in [5.74, 6) is 0.200. The molecule has 142 valence electrons. The Labute approximate surface area is 153 Å². The van der Waals surface area contributed by atoms with Crippen molar-refractivity contribution in [2.75, 3.05) is 19.7 Å². The molecule has 0 spiro atoms. The summed E-state index contributed by atoms with van der Waals surface area (Å²) in [6.45, 7) is 10.8. The van der Waals surface area contributed by atoms with Crippen LogP contribution in [0.4, 0.5) is 0 Å². The van der Waals surface area contributed by atoms with Gasteiger partial charge in [-0.05, 0) is 46.8 Å². The molecule has 0 aliphatic carbocycles. The third-order valence-corrected chi connectivity index (χ3v) is 3.92. The van der Waals surface area contributed by atoms with Crippen LogP contribution in [-0.2, 0) is 12.1 Å². The van der Waals surface area contributed by atoms with E-state index in [0.717, 1.165) is 0 Å². The maximum atomic E-state index is 12.8. The lowest BCUT2D eigenvalue weighted by atomic mass is 10.0. The maximum absolute atomic E-state index is 12.8. The number of nitrogens with zero attached hydrogens (tertiary/aromatic N) is 5. The van der Waals surface area contributed by atoms with E-state index in [9.17, 15) is 9.90 Å². The zero-order chi connectivity index (χ0) is 19.3. The Morgan fingerprint density at radius 1 is 1.35 bits per heavy atom. The molecule has 1 N–H and O–H groups in total. The number of aromatic nitrogens is 4. The molecule has 0 radical (unpaired) electrons. The van der Waals surface area contributed by atoms with Crippen LogP contribution in [0.25, 0.3) is 0 Å². The largest absolute Gasteiger partial charge is 0.477 e. The molecule has 0 bridgehead atoms. The van der Waals surface area contributed by atoms with E-state index in [1.54, 1.807) is 37.1 Å². The van der Waals surface area contributed by atoms with Gasteiger partial charge in [0.05, 0.1) is 18.8 Å². The van der Waals surface area contributed by atoms with Crippen LogP contribution in [0.1, 0.15) is 49.4 Å². The van der Waals surface area contributed by atoms with E-state index in [0.29, 0.717) is 49.1 Å². The van der Waals surface area contributed by atoms with Crippen molar-refractivity contribution in [1.29, 1.82) is 0 Å². The number of hydrogen-bond acceptors (Lipinski definition) is 6. The molecular weight excluding hydrogens is 334 g/mol. The molecule has 2 heterocycles. The van der Waals surface area contributed by atoms with Crippen molar-refractivity contribution in [2.45, 2.75) is 46.8 Å². The third-order valence-electron chi connectivity index (χ3n) is 3.92. The second kappa shape index (κ2) is 8.27. The first-order valence-corrected chi connectivity index (χ1v) is 8.79. The number of aryl methyl sites for hydroxylation is 1. The predicted octanol–water partition coefficient (Wildman–Crippen LogP) is 1.77. The Hall–Kier alpha value is -2.48. The quantitative estimate of drug-likeness (QED) is 0.770. The van der Waals surface area contributed by atoms with E-state index in [4.69, 9.17) is 4.74 Å². The predicted molar refractivity (Wildman–Crippen MR) is 97.0 cm³/mol. The first-order valence-electron chi connectivity index (χ1n) is 8.79. The van der Waals surface area contributed by atoms with E-state index in [2.05, 4.69) is 15.2 Å². The highest BCUT2D eigenvalue weighted by Gasteiger charge is 2.24. The number of rotatable bonds is 8. The standard InChI is InChI=1S/C18H27N5O3/c1-6-22(17(24)14-9-8-10-19-16(14)26-7-2)11-12-23-20-13(3)15(21-23)18(4,5)25/h8-10,25H,6-7,11-12H2,1-5H3. The second-order valence-electron chi connectivity index (χ2n) is 6.46. The minimum absolute atomic E-state index is 0.143. The highest BCUT2D eigenvalue weighted by Crippen LogP contribution is 2.20. The summed E-state index contributed by atoms with van der Waals surface area (Å²) in [6, 6.07) is 3.43. The van der Waals surface area contributed by atoms with E-state index in [1.807, 2.05) is 20.8 Å². The Balaban J connectivity index is 2.12. The monoisotopic (exact) mass is 361 g/mol. The molecule has 0 atom stereocenters. The molecule has 0 unspecified atom stereocenters. The molecule has 0 aliphatic heterocycles. The molecule has 0 fully saturated rings. The summed E-state index contributed by atoms with van der Waals surface area (Å²) in [5.41, 5.74) is 0.610. The van der Waals surface area contributed by atoms with Gasteiger partial charge in [0.2, 0.25) is 5.88 Å². The van der Waals surface area contributed by atoms with Crippen molar-refractivity contribution >= 4 is 5.91 Å². The van der Waals surface area contributed by atoms with Crippen molar-refractivity contribution in [3.05, 3.63) is 35.3 Å². The molecule has 1 amide bonds. The molecule has 0 saturated heterocycles. The number of carbonyl (C=O) groups is 1. The van der Waals surface area contributed by atoms with Gasteiger partial charge in [-0.25, -0.2) is 4.98 Å². The van der Waals surface area contributed by atoms with Crippen LogP contribution in [0.2, 0.25) is 0 Å². The van der Waals surface area contributed by atoms with Crippen LogP contribution in [0, 0.1) is 6.92 Å². The molecule has 26 heavy (non-hydrogen) atoms. The topological polar surface area (TPSA) is 93.4 Å². The molecule has 2 aromatic rings. The van der Waals surface area contributed by atoms with Gasteiger partial charge in [-0.3, -0.25) is 4.79 Å². The van der Waals surface area contributed by atoms with E-state index >= 15 is 0 Å². The van der Waals surface area contributed by atoms with Crippen LogP contribution in [0.5, 0.6) is 5.88 Å². The third kappa shape index (κ3) is 4.57. The number of carbonyl (C=O) groups excluding carboxylic acids is 1. The SMILES string of the molecule is CCOc1ncccc1C(=O)N(CC)CCn1nc(C)c(C(C)(C)O)n1. The first-order chi connectivity index (χ1) is 12.3. The summed E-state index contributed by atoms with van der Waals surface area (Å²) < 4.78 is 5.46. The van der Waals surface area contributed by atoms with E-state index < -0.39 is 5.60 Å². The lowest BCUT2D eigenvalue weighted by Gasteiger charge is -2.21. The molecule has 2 aromatic heterocycles. The van der Waals surface area contributed by atoms with Crippen molar-refractivity contribution in [2.24, 2.45) is 0 Å². The van der Waals surface area contributed by atoms with Crippen LogP contribution in [0.3, 0.4) is 0 Å². The average Bonchev–Trinajstić information content (AvgIpc) is 2.97. The summed E-state index contributed by atoms with van der Waals surface area (Å²) in [4.78, 5) is 20.2. The summed E-state index contributed by atoms with van der Waals surface area (Å²) in [5, 5.41) is 18.8. The number of hydrogen-bond donors (Lipinski definition) is 1. The van der Waals surface area contributed by atoms with Gasteiger partial charge in [-0.1, -0.05) is 0 Å². The van der Waals surface area contributed by atoms with Gasteiger partial charge in [-0.2, -0.15) is 15.0 Å².